The summed E-state index contributed by atoms with van der Waals surface area (Å²) in [6.45, 7) is 1.33. The summed E-state index contributed by atoms with van der Waals surface area (Å²) in [6.07, 6.45) is -1.03. The molecule has 11 heteroatoms. The van der Waals surface area contributed by atoms with Crippen molar-refractivity contribution in [2.75, 3.05) is 18.5 Å². The zero-order valence-electron chi connectivity index (χ0n) is 16.8. The molecule has 3 aromatic rings. The molecule has 0 bridgehead atoms. The number of carbonyl (C=O) groups is 1. The summed E-state index contributed by atoms with van der Waals surface area (Å²) in [5, 5.41) is 22.1. The minimum absolute atomic E-state index is 0.0556. The molecule has 3 N–H and O–H groups in total. The Morgan fingerprint density at radius 1 is 1.20 bits per heavy atom. The Labute approximate surface area is 170 Å². The van der Waals surface area contributed by atoms with E-state index < -0.39 is 29.9 Å². The number of carboxylic acid groups (broad SMARTS) is 1. The predicted molar refractivity (Wildman–Crippen MR) is 109 cm³/mol. The van der Waals surface area contributed by atoms with Gasteiger partial charge >= 0.3 is 11.7 Å². The lowest BCUT2D eigenvalue weighted by atomic mass is 10.2. The van der Waals surface area contributed by atoms with Gasteiger partial charge in [-0.1, -0.05) is 17.7 Å². The molecule has 1 atom stereocenters. The number of carboxylic acids is 1. The topological polar surface area (TPSA) is 141 Å². The van der Waals surface area contributed by atoms with Crippen molar-refractivity contribution in [2.45, 2.75) is 19.6 Å². The Bertz CT molecular complexity index is 1190. The first-order valence-corrected chi connectivity index (χ1v) is 9.18. The number of aliphatic hydroxyl groups is 1. The number of hydrogen-bond donors (Lipinski definition) is 3. The van der Waals surface area contributed by atoms with Gasteiger partial charge in [0.05, 0.1) is 6.54 Å². The first-order valence-electron chi connectivity index (χ1n) is 9.18. The Hall–Kier alpha value is -3.60. The maximum absolute atomic E-state index is 12.7. The number of anilines is 1. The van der Waals surface area contributed by atoms with Crippen molar-refractivity contribution in [3.8, 4) is 5.75 Å². The normalized spacial score (nSPS) is 12.1. The summed E-state index contributed by atoms with van der Waals surface area (Å²) < 4.78 is 9.06. The highest BCUT2D eigenvalue weighted by atomic mass is 16.5. The van der Waals surface area contributed by atoms with Crippen LogP contribution in [0, 0.1) is 6.92 Å². The fourth-order valence-electron chi connectivity index (χ4n) is 3.00. The smallest absolute Gasteiger partial charge is 0.332 e. The van der Waals surface area contributed by atoms with Gasteiger partial charge in [-0.25, -0.2) is 4.79 Å². The van der Waals surface area contributed by atoms with Crippen molar-refractivity contribution in [3.63, 3.8) is 0 Å². The zero-order valence-corrected chi connectivity index (χ0v) is 16.8. The lowest BCUT2D eigenvalue weighted by Gasteiger charge is -2.16. The van der Waals surface area contributed by atoms with Crippen LogP contribution in [0.1, 0.15) is 5.56 Å². The molecule has 11 nitrogen and oxygen atoms in total. The third-order valence-electron chi connectivity index (χ3n) is 4.60. The van der Waals surface area contributed by atoms with Crippen LogP contribution in [-0.4, -0.2) is 54.1 Å². The molecule has 0 amide bonds. The molecular formula is C19H23N5O6. The third kappa shape index (κ3) is 4.20. The molecule has 0 aliphatic heterocycles. The van der Waals surface area contributed by atoms with Crippen LogP contribution in [0.4, 0.5) is 5.95 Å². The van der Waals surface area contributed by atoms with E-state index in [2.05, 4.69) is 10.3 Å². The van der Waals surface area contributed by atoms with Gasteiger partial charge in [0, 0.05) is 14.1 Å². The van der Waals surface area contributed by atoms with Gasteiger partial charge < -0.3 is 24.8 Å². The van der Waals surface area contributed by atoms with Gasteiger partial charge in [0.1, 0.15) is 25.0 Å². The van der Waals surface area contributed by atoms with Gasteiger partial charge in [0.25, 0.3) is 5.56 Å². The molecule has 1 unspecified atom stereocenters. The molecule has 160 valence electrons. The number of aryl methyl sites for hydroxylation is 2. The van der Waals surface area contributed by atoms with Gasteiger partial charge in [0.15, 0.2) is 11.2 Å². The number of benzene rings is 1. The molecule has 1 aromatic carbocycles. The Morgan fingerprint density at radius 2 is 1.87 bits per heavy atom. The maximum atomic E-state index is 12.7. The number of hydrogen-bond acceptors (Lipinski definition) is 7. The number of fused-ring (bicyclic) bond motifs is 1. The van der Waals surface area contributed by atoms with Crippen molar-refractivity contribution >= 4 is 23.1 Å². The molecule has 2 aromatic heterocycles. The molecule has 0 fully saturated rings. The molecule has 0 aliphatic carbocycles. The number of aliphatic hydroxyl groups excluding tert-OH is 1. The van der Waals surface area contributed by atoms with E-state index in [1.807, 2.05) is 19.1 Å². The Balaban J connectivity index is 1.94. The van der Waals surface area contributed by atoms with Crippen LogP contribution >= 0.6 is 0 Å². The average Bonchev–Trinajstić information content (AvgIpc) is 3.07. The van der Waals surface area contributed by atoms with E-state index in [9.17, 15) is 19.5 Å². The predicted octanol–water partition coefficient (Wildman–Crippen LogP) is -0.321. The van der Waals surface area contributed by atoms with Crippen molar-refractivity contribution < 1.29 is 19.7 Å². The highest BCUT2D eigenvalue weighted by Gasteiger charge is 2.21. The minimum Gasteiger partial charge on any atom is -0.491 e. The summed E-state index contributed by atoms with van der Waals surface area (Å²) >= 11 is 0. The third-order valence-corrected chi connectivity index (χ3v) is 4.60. The van der Waals surface area contributed by atoms with Gasteiger partial charge in [-0.15, -0.1) is 0 Å². The fraction of sp³-hybridized carbons (Fsp3) is 0.368. The van der Waals surface area contributed by atoms with Crippen LogP contribution in [0.15, 0.2) is 33.9 Å². The molecule has 0 saturated carbocycles. The number of aromatic nitrogens is 4. The van der Waals surface area contributed by atoms with E-state index in [-0.39, 0.29) is 30.3 Å². The van der Waals surface area contributed by atoms with Crippen LogP contribution in [0.2, 0.25) is 0 Å². The lowest BCUT2D eigenvalue weighted by Crippen LogP contribution is -2.38. The standard InChI is InChI=1S/C19H23N5O6/c1-11-4-6-13(7-5-11)30-10-12(25)9-24-15-16(21-18(24)20-8-14(26)27)22(2)19(29)23(3)17(15)28/h4-7,12,25H,8-10H2,1-3H3,(H,20,21)(H,26,27). The molecule has 30 heavy (non-hydrogen) atoms. The van der Waals surface area contributed by atoms with Crippen LogP contribution < -0.4 is 21.3 Å². The van der Waals surface area contributed by atoms with Gasteiger partial charge in [-0.3, -0.25) is 18.7 Å². The van der Waals surface area contributed by atoms with E-state index >= 15 is 0 Å². The SMILES string of the molecule is Cc1ccc(OCC(O)Cn2c(NCC(=O)O)nc3c2c(=O)n(C)c(=O)n3C)cc1. The van der Waals surface area contributed by atoms with Crippen molar-refractivity contribution in [1.29, 1.82) is 0 Å². The summed E-state index contributed by atoms with van der Waals surface area (Å²) in [4.78, 5) is 40.1. The van der Waals surface area contributed by atoms with Gasteiger partial charge in [-0.05, 0) is 19.1 Å². The monoisotopic (exact) mass is 417 g/mol. The van der Waals surface area contributed by atoms with E-state index in [1.165, 1.54) is 23.2 Å². The van der Waals surface area contributed by atoms with E-state index in [0.717, 1.165) is 10.1 Å². The minimum atomic E-state index is -1.13. The molecule has 2 heterocycles. The second-order valence-corrected chi connectivity index (χ2v) is 6.95. The first-order chi connectivity index (χ1) is 14.2. The summed E-state index contributed by atoms with van der Waals surface area (Å²) in [6, 6.07) is 7.31. The van der Waals surface area contributed by atoms with E-state index in [4.69, 9.17) is 9.84 Å². The number of aliphatic carboxylic acids is 1. The van der Waals surface area contributed by atoms with E-state index in [0.29, 0.717) is 5.75 Å². The van der Waals surface area contributed by atoms with Crippen molar-refractivity contribution in [3.05, 3.63) is 50.7 Å². The molecule has 0 aliphatic rings. The number of imidazole rings is 1. The number of nitrogens with one attached hydrogen (secondary N) is 1. The van der Waals surface area contributed by atoms with Gasteiger partial charge in [-0.2, -0.15) is 4.98 Å². The second-order valence-electron chi connectivity index (χ2n) is 6.95. The Morgan fingerprint density at radius 3 is 2.50 bits per heavy atom. The molecule has 0 spiro atoms. The summed E-state index contributed by atoms with van der Waals surface area (Å²) in [5.74, 6) is -0.489. The first kappa shape index (κ1) is 21.1. The molecule has 0 saturated heterocycles. The number of rotatable bonds is 8. The largest absolute Gasteiger partial charge is 0.491 e. The highest BCUT2D eigenvalue weighted by molar-refractivity contribution is 5.76. The highest BCUT2D eigenvalue weighted by Crippen LogP contribution is 2.17. The van der Waals surface area contributed by atoms with Crippen LogP contribution in [-0.2, 0) is 25.4 Å². The molecular weight excluding hydrogens is 394 g/mol. The van der Waals surface area contributed by atoms with Gasteiger partial charge in [0.2, 0.25) is 5.95 Å². The fourth-order valence-corrected chi connectivity index (χ4v) is 3.00. The quantitative estimate of drug-likeness (QED) is 0.453. The zero-order chi connectivity index (χ0) is 22.0. The van der Waals surface area contributed by atoms with Crippen molar-refractivity contribution in [1.82, 2.24) is 18.7 Å². The summed E-state index contributed by atoms with van der Waals surface area (Å²) in [5.41, 5.74) is 0.0636. The van der Waals surface area contributed by atoms with E-state index in [1.54, 1.807) is 12.1 Å². The average molecular weight is 417 g/mol. The Kier molecular flexibility index (Phi) is 5.92. The molecule has 0 radical (unpaired) electrons. The number of ether oxygens (including phenoxy) is 1. The molecule has 3 rings (SSSR count). The second kappa shape index (κ2) is 8.41. The lowest BCUT2D eigenvalue weighted by molar-refractivity contribution is -0.134. The number of nitrogens with zero attached hydrogens (tertiary/aromatic N) is 4. The van der Waals surface area contributed by atoms with Crippen LogP contribution in [0.3, 0.4) is 0 Å². The maximum Gasteiger partial charge on any atom is 0.332 e. The van der Waals surface area contributed by atoms with Crippen molar-refractivity contribution in [2.24, 2.45) is 14.1 Å². The van der Waals surface area contributed by atoms with Crippen LogP contribution in [0.25, 0.3) is 11.2 Å². The van der Waals surface area contributed by atoms with Crippen LogP contribution in [0.5, 0.6) is 5.75 Å². The summed E-state index contributed by atoms with van der Waals surface area (Å²) in [7, 11) is 2.79.